The van der Waals surface area contributed by atoms with Gasteiger partial charge in [0.2, 0.25) is 0 Å². The van der Waals surface area contributed by atoms with Crippen molar-refractivity contribution >= 4 is 28.7 Å². The van der Waals surface area contributed by atoms with Gasteiger partial charge in [0, 0.05) is 17.5 Å². The molecule has 7 nitrogen and oxygen atoms in total. The molecule has 0 aliphatic heterocycles. The van der Waals surface area contributed by atoms with Crippen LogP contribution in [0.15, 0.2) is 23.6 Å². The van der Waals surface area contributed by atoms with Crippen molar-refractivity contribution < 1.29 is 19.2 Å². The molecular weight excluding hydrogens is 289 g/mol. The molecule has 2 aromatic rings. The smallest absolute Gasteiger partial charge is 0.355 e. The van der Waals surface area contributed by atoms with E-state index in [1.54, 1.807) is 0 Å². The minimum absolute atomic E-state index is 0.0158. The number of aromatic carboxylic acids is 1. The Morgan fingerprint density at radius 3 is 2.90 bits per heavy atom. The van der Waals surface area contributed by atoms with Gasteiger partial charge >= 0.3 is 5.97 Å². The van der Waals surface area contributed by atoms with Crippen molar-refractivity contribution in [2.24, 2.45) is 0 Å². The standard InChI is InChI=1S/C11H8FN3O4S/c12-6-1-2-9(15(18)19)7(3-6)13-4-10-14-8(5-20-10)11(16)17/h1-3,5,13H,4H2,(H,16,17). The SMILES string of the molecule is O=C(O)c1csc(CNc2cc(F)ccc2[N+](=O)[O-])n1. The summed E-state index contributed by atoms with van der Waals surface area (Å²) in [6.07, 6.45) is 0. The summed E-state index contributed by atoms with van der Waals surface area (Å²) < 4.78 is 13.1. The predicted octanol–water partition coefficient (Wildman–Crippen LogP) is 2.50. The van der Waals surface area contributed by atoms with Crippen LogP contribution in [0.5, 0.6) is 0 Å². The summed E-state index contributed by atoms with van der Waals surface area (Å²) in [5.41, 5.74) is -0.343. The Balaban J connectivity index is 2.15. The van der Waals surface area contributed by atoms with Crippen molar-refractivity contribution in [1.82, 2.24) is 4.98 Å². The topological polar surface area (TPSA) is 105 Å². The number of nitrogens with zero attached hydrogens (tertiary/aromatic N) is 2. The fourth-order valence-electron chi connectivity index (χ4n) is 1.47. The molecule has 0 aliphatic carbocycles. The summed E-state index contributed by atoms with van der Waals surface area (Å²) in [7, 11) is 0. The third kappa shape index (κ3) is 3.06. The van der Waals surface area contributed by atoms with Gasteiger partial charge in [0.25, 0.3) is 5.69 Å². The number of aromatic nitrogens is 1. The molecule has 1 aromatic heterocycles. The van der Waals surface area contributed by atoms with Gasteiger partial charge in [-0.25, -0.2) is 14.2 Å². The van der Waals surface area contributed by atoms with Crippen molar-refractivity contribution in [2.45, 2.75) is 6.54 Å². The lowest BCUT2D eigenvalue weighted by atomic mass is 10.2. The van der Waals surface area contributed by atoms with E-state index >= 15 is 0 Å². The molecule has 0 amide bonds. The molecule has 1 heterocycles. The fraction of sp³-hybridized carbons (Fsp3) is 0.0909. The van der Waals surface area contributed by atoms with Crippen molar-refractivity contribution in [3.63, 3.8) is 0 Å². The molecule has 0 saturated carbocycles. The molecule has 0 bridgehead atoms. The molecule has 104 valence electrons. The number of carboxylic acid groups (broad SMARTS) is 1. The Labute approximate surface area is 115 Å². The zero-order valence-corrected chi connectivity index (χ0v) is 10.7. The maximum atomic E-state index is 13.1. The summed E-state index contributed by atoms with van der Waals surface area (Å²) >= 11 is 1.10. The van der Waals surface area contributed by atoms with Gasteiger partial charge in [0.05, 0.1) is 11.5 Å². The van der Waals surface area contributed by atoms with Crippen LogP contribution in [-0.4, -0.2) is 21.0 Å². The highest BCUT2D eigenvalue weighted by Crippen LogP contribution is 2.25. The number of benzene rings is 1. The second-order valence-corrected chi connectivity index (χ2v) is 4.65. The van der Waals surface area contributed by atoms with E-state index in [4.69, 9.17) is 5.11 Å². The van der Waals surface area contributed by atoms with Gasteiger partial charge < -0.3 is 10.4 Å². The second kappa shape index (κ2) is 5.61. The Kier molecular flexibility index (Phi) is 3.89. The molecule has 1 aromatic carbocycles. The number of carboxylic acids is 1. The lowest BCUT2D eigenvalue weighted by molar-refractivity contribution is -0.384. The molecule has 2 N–H and O–H groups in total. The van der Waals surface area contributed by atoms with Crippen LogP contribution in [0, 0.1) is 15.9 Å². The van der Waals surface area contributed by atoms with Gasteiger partial charge in [-0.05, 0) is 6.07 Å². The number of carbonyl (C=O) groups is 1. The molecule has 0 spiro atoms. The highest BCUT2D eigenvalue weighted by atomic mass is 32.1. The average Bonchev–Trinajstić information content (AvgIpc) is 2.85. The van der Waals surface area contributed by atoms with Crippen LogP contribution in [0.4, 0.5) is 15.8 Å². The third-order valence-corrected chi connectivity index (χ3v) is 3.21. The minimum Gasteiger partial charge on any atom is -0.476 e. The monoisotopic (exact) mass is 297 g/mol. The van der Waals surface area contributed by atoms with E-state index in [9.17, 15) is 19.3 Å². The van der Waals surface area contributed by atoms with E-state index in [1.165, 1.54) is 5.38 Å². The van der Waals surface area contributed by atoms with Gasteiger partial charge in [0.15, 0.2) is 5.69 Å². The Hall–Kier alpha value is -2.55. The molecule has 0 saturated heterocycles. The van der Waals surface area contributed by atoms with E-state index in [0.29, 0.717) is 5.01 Å². The van der Waals surface area contributed by atoms with Gasteiger partial charge in [-0.2, -0.15) is 0 Å². The van der Waals surface area contributed by atoms with Gasteiger partial charge in [-0.15, -0.1) is 11.3 Å². The molecule has 0 fully saturated rings. The quantitative estimate of drug-likeness (QED) is 0.649. The number of hydrogen-bond donors (Lipinski definition) is 2. The van der Waals surface area contributed by atoms with Crippen LogP contribution in [0.25, 0.3) is 0 Å². The Morgan fingerprint density at radius 1 is 1.55 bits per heavy atom. The number of nitro groups is 1. The molecule has 0 radical (unpaired) electrons. The van der Waals surface area contributed by atoms with E-state index in [-0.39, 0.29) is 23.6 Å². The zero-order chi connectivity index (χ0) is 14.7. The average molecular weight is 297 g/mol. The van der Waals surface area contributed by atoms with E-state index in [1.807, 2.05) is 0 Å². The van der Waals surface area contributed by atoms with E-state index in [0.717, 1.165) is 29.5 Å². The first kappa shape index (κ1) is 13.9. The highest BCUT2D eigenvalue weighted by Gasteiger charge is 2.15. The fourth-order valence-corrected chi connectivity index (χ4v) is 2.18. The van der Waals surface area contributed by atoms with Crippen LogP contribution >= 0.6 is 11.3 Å². The van der Waals surface area contributed by atoms with Crippen molar-refractivity contribution in [3.05, 3.63) is 50.2 Å². The van der Waals surface area contributed by atoms with E-state index in [2.05, 4.69) is 10.3 Å². The largest absolute Gasteiger partial charge is 0.476 e. The number of anilines is 1. The number of nitro benzene ring substituents is 1. The van der Waals surface area contributed by atoms with E-state index < -0.39 is 16.7 Å². The first-order chi connectivity index (χ1) is 9.47. The molecule has 0 atom stereocenters. The summed E-state index contributed by atoms with van der Waals surface area (Å²) in [5.74, 6) is -1.76. The number of nitrogens with one attached hydrogen (secondary N) is 1. The number of rotatable bonds is 5. The lowest BCUT2D eigenvalue weighted by Gasteiger charge is -2.05. The predicted molar refractivity (Wildman–Crippen MR) is 69.5 cm³/mol. The summed E-state index contributed by atoms with van der Waals surface area (Å²) in [5, 5.41) is 24.0. The van der Waals surface area contributed by atoms with Crippen LogP contribution in [0.1, 0.15) is 15.5 Å². The minimum atomic E-state index is -1.15. The van der Waals surface area contributed by atoms with Gasteiger partial charge in [-0.3, -0.25) is 10.1 Å². The molecular formula is C11H8FN3O4S. The zero-order valence-electron chi connectivity index (χ0n) is 9.87. The van der Waals surface area contributed by atoms with Crippen molar-refractivity contribution in [1.29, 1.82) is 0 Å². The first-order valence-corrected chi connectivity index (χ1v) is 6.21. The van der Waals surface area contributed by atoms with Crippen LogP contribution in [0.2, 0.25) is 0 Å². The number of hydrogen-bond acceptors (Lipinski definition) is 6. The third-order valence-electron chi connectivity index (χ3n) is 2.36. The van der Waals surface area contributed by atoms with Crippen LogP contribution < -0.4 is 5.32 Å². The number of halogens is 1. The molecule has 2 rings (SSSR count). The van der Waals surface area contributed by atoms with Crippen LogP contribution in [0.3, 0.4) is 0 Å². The van der Waals surface area contributed by atoms with Crippen molar-refractivity contribution in [2.75, 3.05) is 5.32 Å². The molecule has 9 heteroatoms. The molecule has 0 aliphatic rings. The van der Waals surface area contributed by atoms with Crippen molar-refractivity contribution in [3.8, 4) is 0 Å². The van der Waals surface area contributed by atoms with Crippen LogP contribution in [-0.2, 0) is 6.54 Å². The maximum Gasteiger partial charge on any atom is 0.355 e. The first-order valence-electron chi connectivity index (χ1n) is 5.33. The highest BCUT2D eigenvalue weighted by molar-refractivity contribution is 7.09. The summed E-state index contributed by atoms with van der Waals surface area (Å²) in [6.45, 7) is 0.0717. The summed E-state index contributed by atoms with van der Waals surface area (Å²) in [6, 6.07) is 3.06. The normalized spacial score (nSPS) is 10.2. The molecule has 0 unspecified atom stereocenters. The van der Waals surface area contributed by atoms with Gasteiger partial charge in [-0.1, -0.05) is 0 Å². The maximum absolute atomic E-state index is 13.1. The lowest BCUT2D eigenvalue weighted by Crippen LogP contribution is -2.04. The number of thiazole rings is 1. The second-order valence-electron chi connectivity index (χ2n) is 3.70. The van der Waals surface area contributed by atoms with Gasteiger partial charge in [0.1, 0.15) is 16.5 Å². The molecule has 20 heavy (non-hydrogen) atoms. The summed E-state index contributed by atoms with van der Waals surface area (Å²) in [4.78, 5) is 24.6. The Bertz CT molecular complexity index is 673. The Morgan fingerprint density at radius 2 is 2.30 bits per heavy atom.